The maximum absolute atomic E-state index is 13.7. The van der Waals surface area contributed by atoms with E-state index in [4.69, 9.17) is 4.74 Å². The van der Waals surface area contributed by atoms with Crippen molar-refractivity contribution in [2.45, 2.75) is 24.3 Å². The quantitative estimate of drug-likeness (QED) is 0.712. The second-order valence-electron chi connectivity index (χ2n) is 8.68. The Labute approximate surface area is 185 Å². The van der Waals surface area contributed by atoms with Gasteiger partial charge in [-0.3, -0.25) is 9.69 Å². The van der Waals surface area contributed by atoms with Crippen molar-refractivity contribution in [3.8, 4) is 0 Å². The van der Waals surface area contributed by atoms with E-state index in [2.05, 4.69) is 90.7 Å². The van der Waals surface area contributed by atoms with E-state index in [-0.39, 0.29) is 5.78 Å². The number of anilines is 1. The number of morpholine rings is 1. The molecule has 1 aliphatic carbocycles. The fourth-order valence-corrected chi connectivity index (χ4v) is 5.28. The molecule has 1 heterocycles. The van der Waals surface area contributed by atoms with Gasteiger partial charge in [-0.15, -0.1) is 0 Å². The number of allylic oxidation sites excluding steroid dienone is 2. The highest BCUT2D eigenvalue weighted by atomic mass is 16.5. The van der Waals surface area contributed by atoms with Crippen LogP contribution in [0.15, 0.2) is 78.9 Å². The van der Waals surface area contributed by atoms with Crippen LogP contribution in [0.5, 0.6) is 0 Å². The Morgan fingerprint density at radius 2 is 1.61 bits per heavy atom. The summed E-state index contributed by atoms with van der Waals surface area (Å²) in [4.78, 5) is 18.3. The summed E-state index contributed by atoms with van der Waals surface area (Å²) in [5.74, 6) is 0.151. The fraction of sp³-hybridized carbons (Fsp3) is 0.370. The van der Waals surface area contributed by atoms with E-state index in [1.807, 2.05) is 12.1 Å². The number of hydrogen-bond donors (Lipinski definition) is 0. The molecule has 162 valence electrons. The van der Waals surface area contributed by atoms with Gasteiger partial charge in [0.15, 0.2) is 0 Å². The Kier molecular flexibility index (Phi) is 6.12. The average molecular weight is 417 g/mol. The van der Waals surface area contributed by atoms with Crippen molar-refractivity contribution in [3.63, 3.8) is 0 Å². The Bertz CT molecular complexity index is 976. The van der Waals surface area contributed by atoms with Gasteiger partial charge >= 0.3 is 0 Å². The van der Waals surface area contributed by atoms with Crippen molar-refractivity contribution in [2.24, 2.45) is 0 Å². The van der Waals surface area contributed by atoms with Crippen LogP contribution in [0.4, 0.5) is 5.69 Å². The van der Waals surface area contributed by atoms with E-state index >= 15 is 0 Å². The van der Waals surface area contributed by atoms with Gasteiger partial charge < -0.3 is 9.64 Å². The number of carbonyl (C=O) groups excluding carboxylic acids is 1. The Morgan fingerprint density at radius 3 is 2.29 bits per heavy atom. The van der Waals surface area contributed by atoms with Crippen molar-refractivity contribution in [1.29, 1.82) is 0 Å². The van der Waals surface area contributed by atoms with E-state index in [1.165, 1.54) is 5.56 Å². The number of likely N-dealkylation sites (N-methyl/N-ethyl adjacent to an activating group) is 1. The summed E-state index contributed by atoms with van der Waals surface area (Å²) in [6, 6.07) is 18.9. The molecule has 2 aromatic carbocycles. The van der Waals surface area contributed by atoms with Crippen LogP contribution in [-0.4, -0.2) is 56.6 Å². The first-order chi connectivity index (χ1) is 15.0. The molecular formula is C27H32N2O2. The smallest absolute Gasteiger partial charge is 0.146 e. The first-order valence-electron chi connectivity index (χ1n) is 11.0. The molecule has 1 aliphatic heterocycles. The van der Waals surface area contributed by atoms with E-state index in [9.17, 15) is 4.79 Å². The number of carbonyl (C=O) groups is 1. The summed E-state index contributed by atoms with van der Waals surface area (Å²) >= 11 is 0. The van der Waals surface area contributed by atoms with E-state index in [0.717, 1.165) is 30.8 Å². The predicted octanol–water partition coefficient (Wildman–Crippen LogP) is 4.02. The molecule has 0 aromatic heterocycles. The third-order valence-electron chi connectivity index (χ3n) is 6.86. The predicted molar refractivity (Wildman–Crippen MR) is 127 cm³/mol. The molecule has 0 amide bonds. The molecule has 0 radical (unpaired) electrons. The van der Waals surface area contributed by atoms with Crippen molar-refractivity contribution in [2.75, 3.05) is 45.3 Å². The Hall–Kier alpha value is -2.69. The monoisotopic (exact) mass is 416 g/mol. The standard InChI is InChI=1S/C27H32N2O2/c1-22(30)27(24-13-7-8-14-25(24)29-17-19-31-20-18-29)16-10-9-15-26(27,28(2)3)21-23-11-5-4-6-12-23/h4-16H,17-21H2,1-3H3. The second-order valence-corrected chi connectivity index (χ2v) is 8.68. The normalized spacial score (nSPS) is 25.7. The highest BCUT2D eigenvalue weighted by molar-refractivity contribution is 5.95. The van der Waals surface area contributed by atoms with Crippen molar-refractivity contribution in [3.05, 3.63) is 90.0 Å². The van der Waals surface area contributed by atoms with Gasteiger partial charge in [-0.2, -0.15) is 0 Å². The number of nitrogens with zero attached hydrogens (tertiary/aromatic N) is 2. The SMILES string of the molecule is CC(=O)C1(c2ccccc2N2CCOCC2)C=CC=CC1(Cc1ccccc1)N(C)C. The summed E-state index contributed by atoms with van der Waals surface area (Å²) in [7, 11) is 4.17. The molecule has 1 saturated heterocycles. The molecule has 4 nitrogen and oxygen atoms in total. The molecular weight excluding hydrogens is 384 g/mol. The van der Waals surface area contributed by atoms with Gasteiger partial charge in [0.2, 0.25) is 0 Å². The average Bonchev–Trinajstić information content (AvgIpc) is 2.80. The molecule has 4 heteroatoms. The zero-order chi connectivity index (χ0) is 21.9. The summed E-state index contributed by atoms with van der Waals surface area (Å²) < 4.78 is 5.60. The number of hydrogen-bond acceptors (Lipinski definition) is 4. The van der Waals surface area contributed by atoms with Gasteiger partial charge in [0.05, 0.1) is 24.2 Å². The lowest BCUT2D eigenvalue weighted by molar-refractivity contribution is -0.124. The van der Waals surface area contributed by atoms with E-state index in [0.29, 0.717) is 13.2 Å². The molecule has 0 saturated carbocycles. The highest BCUT2D eigenvalue weighted by Crippen LogP contribution is 2.49. The highest BCUT2D eigenvalue weighted by Gasteiger charge is 2.56. The molecule has 4 rings (SSSR count). The molecule has 0 N–H and O–H groups in total. The van der Waals surface area contributed by atoms with E-state index in [1.54, 1.807) is 6.92 Å². The van der Waals surface area contributed by atoms with Crippen molar-refractivity contribution >= 4 is 11.5 Å². The first-order valence-corrected chi connectivity index (χ1v) is 11.0. The van der Waals surface area contributed by atoms with Crippen LogP contribution in [0.1, 0.15) is 18.1 Å². The third kappa shape index (κ3) is 3.64. The largest absolute Gasteiger partial charge is 0.378 e. The Balaban J connectivity index is 1.94. The van der Waals surface area contributed by atoms with Gasteiger partial charge in [0.25, 0.3) is 0 Å². The number of benzene rings is 2. The van der Waals surface area contributed by atoms with Gasteiger partial charge in [-0.1, -0.05) is 72.8 Å². The lowest BCUT2D eigenvalue weighted by Gasteiger charge is -2.53. The molecule has 2 aromatic rings. The molecule has 31 heavy (non-hydrogen) atoms. The van der Waals surface area contributed by atoms with Crippen LogP contribution in [0.3, 0.4) is 0 Å². The number of ether oxygens (including phenoxy) is 1. The topological polar surface area (TPSA) is 32.8 Å². The van der Waals surface area contributed by atoms with Gasteiger partial charge in [-0.05, 0) is 44.6 Å². The maximum Gasteiger partial charge on any atom is 0.146 e. The van der Waals surface area contributed by atoms with Crippen LogP contribution in [0.25, 0.3) is 0 Å². The molecule has 0 spiro atoms. The molecule has 1 fully saturated rings. The molecule has 0 bridgehead atoms. The number of Topliss-reactive ketones (excluding diaryl/α,β-unsaturated/α-hetero) is 1. The zero-order valence-corrected chi connectivity index (χ0v) is 18.8. The Morgan fingerprint density at radius 1 is 0.968 bits per heavy atom. The lowest BCUT2D eigenvalue weighted by atomic mass is 9.58. The minimum atomic E-state index is -0.810. The van der Waals surface area contributed by atoms with Crippen LogP contribution in [0.2, 0.25) is 0 Å². The maximum atomic E-state index is 13.7. The third-order valence-corrected chi connectivity index (χ3v) is 6.86. The number of rotatable bonds is 6. The van der Waals surface area contributed by atoms with Crippen LogP contribution in [-0.2, 0) is 21.4 Å². The summed E-state index contributed by atoms with van der Waals surface area (Å²) in [6.07, 6.45) is 9.19. The van der Waals surface area contributed by atoms with Gasteiger partial charge in [-0.25, -0.2) is 0 Å². The summed E-state index contributed by atoms with van der Waals surface area (Å²) in [6.45, 7) is 4.82. The fourth-order valence-electron chi connectivity index (χ4n) is 5.28. The molecule has 2 atom stereocenters. The van der Waals surface area contributed by atoms with Crippen LogP contribution < -0.4 is 4.90 Å². The van der Waals surface area contributed by atoms with Crippen LogP contribution in [0, 0.1) is 0 Å². The van der Waals surface area contributed by atoms with Gasteiger partial charge in [0, 0.05) is 18.8 Å². The minimum absolute atomic E-state index is 0.151. The van der Waals surface area contributed by atoms with Gasteiger partial charge in [0.1, 0.15) is 5.78 Å². The van der Waals surface area contributed by atoms with Crippen molar-refractivity contribution in [1.82, 2.24) is 4.90 Å². The number of ketones is 1. The minimum Gasteiger partial charge on any atom is -0.378 e. The van der Waals surface area contributed by atoms with Crippen molar-refractivity contribution < 1.29 is 9.53 Å². The second kappa shape index (κ2) is 8.81. The zero-order valence-electron chi connectivity index (χ0n) is 18.8. The molecule has 2 unspecified atom stereocenters. The number of para-hydroxylation sites is 1. The van der Waals surface area contributed by atoms with Crippen LogP contribution >= 0.6 is 0 Å². The summed E-state index contributed by atoms with van der Waals surface area (Å²) in [5.41, 5.74) is 2.06. The molecule has 2 aliphatic rings. The van der Waals surface area contributed by atoms with E-state index < -0.39 is 11.0 Å². The lowest BCUT2D eigenvalue weighted by Crippen LogP contribution is -2.63. The first kappa shape index (κ1) is 21.5. The summed E-state index contributed by atoms with van der Waals surface area (Å²) in [5, 5.41) is 0.